The molecule has 1 heterocycles. The molecule has 0 aliphatic heterocycles. The Bertz CT molecular complexity index is 694. The number of amides is 1. The lowest BCUT2D eigenvalue weighted by Crippen LogP contribution is -2.17. The van der Waals surface area contributed by atoms with Crippen LogP contribution >= 0.6 is 0 Å². The highest BCUT2D eigenvalue weighted by atomic mass is 16.3. The molecule has 0 spiro atoms. The van der Waals surface area contributed by atoms with Crippen molar-refractivity contribution >= 4 is 12.1 Å². The first-order valence-corrected chi connectivity index (χ1v) is 6.26. The average molecular weight is 285 g/mol. The topological polar surface area (TPSA) is 94.8 Å². The molecular weight excluding hydrogens is 270 g/mol. The molecule has 0 radical (unpaired) electrons. The minimum Gasteiger partial charge on any atom is -0.505 e. The van der Waals surface area contributed by atoms with Crippen LogP contribution in [0.4, 0.5) is 0 Å². The molecule has 1 aromatic heterocycles. The van der Waals surface area contributed by atoms with Gasteiger partial charge < -0.3 is 10.2 Å². The second kappa shape index (κ2) is 6.04. The summed E-state index contributed by atoms with van der Waals surface area (Å²) in [6, 6.07) is 7.02. The van der Waals surface area contributed by atoms with Gasteiger partial charge in [-0.25, -0.2) is 5.43 Å². The molecule has 1 aromatic carbocycles. The van der Waals surface area contributed by atoms with Crippen LogP contribution in [0.15, 0.2) is 35.6 Å². The summed E-state index contributed by atoms with van der Waals surface area (Å²) in [6.45, 7) is 3.52. The first-order chi connectivity index (χ1) is 9.99. The van der Waals surface area contributed by atoms with E-state index in [1.54, 1.807) is 19.1 Å². The standard InChI is InChI=1S/C15H15N3O3/c1-9-3-5-11(6-4-9)15(21)18-17-7-12-13(19)8-16-10(2)14(12)20/h3-8,19-20H,1-2H3,(H,18,21)/b17-7+. The number of hydrazone groups is 1. The molecule has 0 bridgehead atoms. The molecule has 1 amide bonds. The summed E-state index contributed by atoms with van der Waals surface area (Å²) in [5.74, 6) is -0.772. The van der Waals surface area contributed by atoms with Crippen molar-refractivity contribution in [3.8, 4) is 11.5 Å². The Labute approximate surface area is 121 Å². The van der Waals surface area contributed by atoms with Crippen LogP contribution in [-0.4, -0.2) is 27.3 Å². The number of hydrogen-bond acceptors (Lipinski definition) is 5. The van der Waals surface area contributed by atoms with Crippen LogP contribution in [0.25, 0.3) is 0 Å². The smallest absolute Gasteiger partial charge is 0.271 e. The maximum atomic E-state index is 11.8. The molecule has 2 rings (SSSR count). The summed E-state index contributed by atoms with van der Waals surface area (Å²) >= 11 is 0. The molecule has 6 heteroatoms. The lowest BCUT2D eigenvalue weighted by molar-refractivity contribution is 0.0955. The van der Waals surface area contributed by atoms with Crippen LogP contribution < -0.4 is 5.43 Å². The van der Waals surface area contributed by atoms with Crippen LogP contribution in [0.1, 0.15) is 27.2 Å². The Hall–Kier alpha value is -2.89. The molecule has 0 unspecified atom stereocenters. The molecule has 0 saturated heterocycles. The number of nitrogens with zero attached hydrogens (tertiary/aromatic N) is 2. The Morgan fingerprint density at radius 2 is 1.90 bits per heavy atom. The van der Waals surface area contributed by atoms with Crippen LogP contribution in [-0.2, 0) is 0 Å². The molecule has 3 N–H and O–H groups in total. The maximum absolute atomic E-state index is 11.8. The number of nitrogens with one attached hydrogen (secondary N) is 1. The Morgan fingerprint density at radius 3 is 2.57 bits per heavy atom. The molecule has 0 fully saturated rings. The fourth-order valence-corrected chi connectivity index (χ4v) is 1.66. The van der Waals surface area contributed by atoms with E-state index in [4.69, 9.17) is 0 Å². The number of aromatic nitrogens is 1. The zero-order chi connectivity index (χ0) is 15.4. The monoisotopic (exact) mass is 285 g/mol. The van der Waals surface area contributed by atoms with Gasteiger partial charge in [-0.2, -0.15) is 5.10 Å². The molecule has 2 aromatic rings. The predicted octanol–water partition coefficient (Wildman–Crippen LogP) is 1.87. The summed E-state index contributed by atoms with van der Waals surface area (Å²) < 4.78 is 0. The first kappa shape index (κ1) is 14.5. The van der Waals surface area contributed by atoms with Crippen LogP contribution in [0.5, 0.6) is 11.5 Å². The summed E-state index contributed by atoms with van der Waals surface area (Å²) in [6.07, 6.45) is 2.38. The van der Waals surface area contributed by atoms with Gasteiger partial charge in [0, 0.05) is 5.56 Å². The number of carbonyl (C=O) groups excluding carboxylic acids is 1. The number of aryl methyl sites for hydroxylation is 2. The van der Waals surface area contributed by atoms with Crippen molar-refractivity contribution in [2.45, 2.75) is 13.8 Å². The van der Waals surface area contributed by atoms with Crippen LogP contribution in [0.2, 0.25) is 0 Å². The van der Waals surface area contributed by atoms with Gasteiger partial charge in [0.2, 0.25) is 0 Å². The normalized spacial score (nSPS) is 10.8. The molecule has 0 aliphatic rings. The zero-order valence-electron chi connectivity index (χ0n) is 11.7. The second-order valence-corrected chi connectivity index (χ2v) is 4.56. The van der Waals surface area contributed by atoms with E-state index in [9.17, 15) is 15.0 Å². The van der Waals surface area contributed by atoms with Gasteiger partial charge in [-0.3, -0.25) is 9.78 Å². The van der Waals surface area contributed by atoms with Crippen molar-refractivity contribution in [1.29, 1.82) is 0 Å². The van der Waals surface area contributed by atoms with E-state index in [0.29, 0.717) is 11.3 Å². The van der Waals surface area contributed by atoms with E-state index < -0.39 is 0 Å². The van der Waals surface area contributed by atoms with Gasteiger partial charge in [-0.05, 0) is 26.0 Å². The minimum absolute atomic E-state index is 0.103. The van der Waals surface area contributed by atoms with E-state index in [0.717, 1.165) is 5.56 Å². The highest BCUT2D eigenvalue weighted by Gasteiger charge is 2.09. The number of benzene rings is 1. The predicted molar refractivity (Wildman–Crippen MR) is 78.5 cm³/mol. The lowest BCUT2D eigenvalue weighted by atomic mass is 10.1. The van der Waals surface area contributed by atoms with Gasteiger partial charge in [0.25, 0.3) is 5.91 Å². The second-order valence-electron chi connectivity index (χ2n) is 4.56. The average Bonchev–Trinajstić information content (AvgIpc) is 2.47. The van der Waals surface area contributed by atoms with Gasteiger partial charge in [0.1, 0.15) is 11.5 Å². The zero-order valence-corrected chi connectivity index (χ0v) is 11.7. The van der Waals surface area contributed by atoms with Gasteiger partial charge >= 0.3 is 0 Å². The van der Waals surface area contributed by atoms with Gasteiger partial charge in [0.15, 0.2) is 0 Å². The van der Waals surface area contributed by atoms with Crippen molar-refractivity contribution in [3.63, 3.8) is 0 Å². The third-order valence-corrected chi connectivity index (χ3v) is 2.93. The van der Waals surface area contributed by atoms with E-state index in [-0.39, 0.29) is 23.0 Å². The van der Waals surface area contributed by atoms with Crippen molar-refractivity contribution < 1.29 is 15.0 Å². The summed E-state index contributed by atoms with van der Waals surface area (Å²) in [7, 11) is 0. The molecule has 0 atom stereocenters. The summed E-state index contributed by atoms with van der Waals surface area (Å²) in [5, 5.41) is 23.1. The van der Waals surface area contributed by atoms with Crippen LogP contribution in [0.3, 0.4) is 0 Å². The van der Waals surface area contributed by atoms with Crippen molar-refractivity contribution in [1.82, 2.24) is 10.4 Å². The highest BCUT2D eigenvalue weighted by Crippen LogP contribution is 2.25. The van der Waals surface area contributed by atoms with E-state index in [1.807, 2.05) is 19.1 Å². The van der Waals surface area contributed by atoms with E-state index >= 15 is 0 Å². The Kier molecular flexibility index (Phi) is 4.18. The fourth-order valence-electron chi connectivity index (χ4n) is 1.66. The molecular formula is C15H15N3O3. The third kappa shape index (κ3) is 3.36. The summed E-state index contributed by atoms with van der Waals surface area (Å²) in [5.41, 5.74) is 4.31. The largest absolute Gasteiger partial charge is 0.505 e. The van der Waals surface area contributed by atoms with Gasteiger partial charge in [-0.1, -0.05) is 17.7 Å². The Morgan fingerprint density at radius 1 is 1.24 bits per heavy atom. The lowest BCUT2D eigenvalue weighted by Gasteiger charge is -2.04. The molecule has 6 nitrogen and oxygen atoms in total. The fraction of sp³-hybridized carbons (Fsp3) is 0.133. The van der Waals surface area contributed by atoms with Crippen molar-refractivity contribution in [3.05, 3.63) is 52.8 Å². The Balaban J connectivity index is 2.11. The number of aromatic hydroxyl groups is 2. The summed E-state index contributed by atoms with van der Waals surface area (Å²) in [4.78, 5) is 15.6. The van der Waals surface area contributed by atoms with E-state index in [2.05, 4.69) is 15.5 Å². The van der Waals surface area contributed by atoms with Crippen molar-refractivity contribution in [2.24, 2.45) is 5.10 Å². The molecule has 0 aliphatic carbocycles. The number of rotatable bonds is 3. The number of pyridine rings is 1. The van der Waals surface area contributed by atoms with Gasteiger partial charge in [0.05, 0.1) is 23.7 Å². The minimum atomic E-state index is -0.379. The third-order valence-electron chi connectivity index (χ3n) is 2.93. The van der Waals surface area contributed by atoms with Crippen molar-refractivity contribution in [2.75, 3.05) is 0 Å². The van der Waals surface area contributed by atoms with E-state index in [1.165, 1.54) is 12.4 Å². The SMILES string of the molecule is Cc1ccc(C(=O)N/N=C/c2c(O)cnc(C)c2O)cc1. The van der Waals surface area contributed by atoms with Crippen LogP contribution in [0, 0.1) is 13.8 Å². The number of hydrogen-bond donors (Lipinski definition) is 3. The quantitative estimate of drug-likeness (QED) is 0.592. The first-order valence-electron chi connectivity index (χ1n) is 6.26. The van der Waals surface area contributed by atoms with Gasteiger partial charge in [-0.15, -0.1) is 0 Å². The molecule has 21 heavy (non-hydrogen) atoms. The highest BCUT2D eigenvalue weighted by molar-refractivity contribution is 5.95. The molecule has 108 valence electrons. The number of carbonyl (C=O) groups is 1. The maximum Gasteiger partial charge on any atom is 0.271 e. The molecule has 0 saturated carbocycles.